The Morgan fingerprint density at radius 2 is 2.26 bits per heavy atom. The van der Waals surface area contributed by atoms with Crippen molar-refractivity contribution in [1.29, 1.82) is 0 Å². The Hall–Kier alpha value is -2.44. The minimum Gasteiger partial charge on any atom is -0.435 e. The highest BCUT2D eigenvalue weighted by molar-refractivity contribution is 5.94. The van der Waals surface area contributed by atoms with Gasteiger partial charge in [0.15, 0.2) is 0 Å². The summed E-state index contributed by atoms with van der Waals surface area (Å²) in [7, 11) is 0. The van der Waals surface area contributed by atoms with E-state index in [4.69, 9.17) is 0 Å². The van der Waals surface area contributed by atoms with E-state index in [2.05, 4.69) is 20.3 Å². The van der Waals surface area contributed by atoms with Gasteiger partial charge in [0, 0.05) is 11.8 Å². The van der Waals surface area contributed by atoms with E-state index in [-0.39, 0.29) is 23.8 Å². The summed E-state index contributed by atoms with van der Waals surface area (Å²) in [6.45, 7) is -2.64. The Balaban J connectivity index is 1.98. The lowest BCUT2D eigenvalue weighted by Gasteiger charge is -2.07. The Morgan fingerprint density at radius 1 is 1.42 bits per heavy atom. The van der Waals surface area contributed by atoms with Gasteiger partial charge in [-0.3, -0.25) is 9.89 Å². The first kappa shape index (κ1) is 13.0. The largest absolute Gasteiger partial charge is 0.435 e. The molecule has 100 valence electrons. The molecule has 2 aromatic rings. The number of alkyl halides is 2. The molecule has 0 aliphatic heterocycles. The van der Waals surface area contributed by atoms with Crippen LogP contribution in [0.4, 0.5) is 8.78 Å². The predicted molar refractivity (Wildman–Crippen MR) is 62.8 cm³/mol. The minimum absolute atomic E-state index is 0.0517. The van der Waals surface area contributed by atoms with Crippen molar-refractivity contribution in [3.05, 3.63) is 47.8 Å². The predicted octanol–water partition coefficient (Wildman–Crippen LogP) is 1.94. The number of nitrogens with zero attached hydrogens (tertiary/aromatic N) is 1. The maximum atomic E-state index is 12.1. The van der Waals surface area contributed by atoms with Crippen molar-refractivity contribution >= 4 is 5.91 Å². The summed E-state index contributed by atoms with van der Waals surface area (Å²) in [4.78, 5) is 11.8. The van der Waals surface area contributed by atoms with Gasteiger partial charge < -0.3 is 10.1 Å². The second kappa shape index (κ2) is 5.94. The van der Waals surface area contributed by atoms with Crippen LogP contribution in [0.15, 0.2) is 36.5 Å². The summed E-state index contributed by atoms with van der Waals surface area (Å²) >= 11 is 0. The Labute approximate surface area is 107 Å². The van der Waals surface area contributed by atoms with Crippen molar-refractivity contribution in [3.63, 3.8) is 0 Å². The summed E-state index contributed by atoms with van der Waals surface area (Å²) in [5.41, 5.74) is 0.992. The highest BCUT2D eigenvalue weighted by Gasteiger charge is 2.09. The molecule has 0 saturated heterocycles. The van der Waals surface area contributed by atoms with Gasteiger partial charge in [-0.1, -0.05) is 6.07 Å². The molecule has 1 aromatic heterocycles. The standard InChI is InChI=1S/C12H11F2N3O2/c13-12(14)19-10-3-1-2-8(6-10)11(18)15-7-9-4-5-16-17-9/h1-6,12H,7H2,(H,15,18)(H,16,17). The SMILES string of the molecule is O=C(NCc1ccn[nH]1)c1cccc(OC(F)F)c1. The molecule has 0 unspecified atom stereocenters. The quantitative estimate of drug-likeness (QED) is 0.870. The fourth-order valence-corrected chi connectivity index (χ4v) is 1.47. The lowest BCUT2D eigenvalue weighted by atomic mass is 10.2. The van der Waals surface area contributed by atoms with Gasteiger partial charge in [0.05, 0.1) is 12.2 Å². The summed E-state index contributed by atoms with van der Waals surface area (Å²) < 4.78 is 28.3. The fourth-order valence-electron chi connectivity index (χ4n) is 1.47. The van der Waals surface area contributed by atoms with Crippen LogP contribution in [-0.2, 0) is 6.54 Å². The van der Waals surface area contributed by atoms with Gasteiger partial charge in [0.2, 0.25) is 0 Å². The molecule has 0 radical (unpaired) electrons. The van der Waals surface area contributed by atoms with Crippen molar-refractivity contribution in [2.24, 2.45) is 0 Å². The van der Waals surface area contributed by atoms with E-state index in [9.17, 15) is 13.6 Å². The summed E-state index contributed by atoms with van der Waals surface area (Å²) in [6.07, 6.45) is 1.57. The van der Waals surface area contributed by atoms with Crippen LogP contribution in [0.5, 0.6) is 5.75 Å². The number of benzene rings is 1. The lowest BCUT2D eigenvalue weighted by molar-refractivity contribution is -0.0498. The molecule has 0 aliphatic carbocycles. The smallest absolute Gasteiger partial charge is 0.387 e. The summed E-state index contributed by atoms with van der Waals surface area (Å²) in [5, 5.41) is 9.06. The van der Waals surface area contributed by atoms with Crippen LogP contribution in [0.2, 0.25) is 0 Å². The summed E-state index contributed by atoms with van der Waals surface area (Å²) in [5.74, 6) is -0.432. The average Bonchev–Trinajstić information content (AvgIpc) is 2.88. The molecule has 0 atom stereocenters. The first-order valence-electron chi connectivity index (χ1n) is 5.46. The molecule has 5 nitrogen and oxygen atoms in total. The Bertz CT molecular complexity index is 544. The third-order valence-electron chi connectivity index (χ3n) is 2.32. The molecule has 19 heavy (non-hydrogen) atoms. The second-order valence-electron chi connectivity index (χ2n) is 3.67. The third kappa shape index (κ3) is 3.77. The molecule has 0 aliphatic rings. The van der Waals surface area contributed by atoms with Crippen LogP contribution in [0.25, 0.3) is 0 Å². The van der Waals surface area contributed by atoms with Gasteiger partial charge in [-0.2, -0.15) is 13.9 Å². The number of carbonyl (C=O) groups excluding carboxylic acids is 1. The number of hydrogen-bond donors (Lipinski definition) is 2. The number of hydrogen-bond acceptors (Lipinski definition) is 3. The molecule has 0 spiro atoms. The van der Waals surface area contributed by atoms with Crippen LogP contribution >= 0.6 is 0 Å². The van der Waals surface area contributed by atoms with E-state index in [1.54, 1.807) is 12.3 Å². The van der Waals surface area contributed by atoms with E-state index in [1.165, 1.54) is 24.3 Å². The number of carbonyl (C=O) groups is 1. The van der Waals surface area contributed by atoms with Gasteiger partial charge >= 0.3 is 6.61 Å². The molecule has 2 rings (SSSR count). The lowest BCUT2D eigenvalue weighted by Crippen LogP contribution is -2.23. The van der Waals surface area contributed by atoms with Crippen LogP contribution in [0, 0.1) is 0 Å². The first-order chi connectivity index (χ1) is 9.15. The molecule has 1 aromatic carbocycles. The van der Waals surface area contributed by atoms with Crippen LogP contribution in [-0.4, -0.2) is 22.7 Å². The van der Waals surface area contributed by atoms with Crippen molar-refractivity contribution in [2.75, 3.05) is 0 Å². The van der Waals surface area contributed by atoms with Crippen molar-refractivity contribution < 1.29 is 18.3 Å². The second-order valence-corrected chi connectivity index (χ2v) is 3.67. The average molecular weight is 267 g/mol. The summed E-state index contributed by atoms with van der Waals surface area (Å²) in [6, 6.07) is 7.33. The Morgan fingerprint density at radius 3 is 2.95 bits per heavy atom. The van der Waals surface area contributed by atoms with Crippen LogP contribution in [0.1, 0.15) is 16.1 Å². The van der Waals surface area contributed by atoms with Crippen LogP contribution < -0.4 is 10.1 Å². The van der Waals surface area contributed by atoms with Crippen molar-refractivity contribution in [1.82, 2.24) is 15.5 Å². The van der Waals surface area contributed by atoms with E-state index in [1.807, 2.05) is 0 Å². The van der Waals surface area contributed by atoms with Gasteiger partial charge in [-0.15, -0.1) is 0 Å². The van der Waals surface area contributed by atoms with Gasteiger partial charge in [-0.05, 0) is 24.3 Å². The number of ether oxygens (including phenoxy) is 1. The highest BCUT2D eigenvalue weighted by Crippen LogP contribution is 2.15. The topological polar surface area (TPSA) is 67.0 Å². The number of aromatic nitrogens is 2. The number of H-pyrrole nitrogens is 1. The van der Waals surface area contributed by atoms with Crippen molar-refractivity contribution in [3.8, 4) is 5.75 Å². The number of rotatable bonds is 5. The molecular formula is C12H11F2N3O2. The number of nitrogens with one attached hydrogen (secondary N) is 2. The monoisotopic (exact) mass is 267 g/mol. The van der Waals surface area contributed by atoms with Gasteiger partial charge in [-0.25, -0.2) is 0 Å². The zero-order chi connectivity index (χ0) is 13.7. The van der Waals surface area contributed by atoms with Crippen LogP contribution in [0.3, 0.4) is 0 Å². The maximum absolute atomic E-state index is 12.1. The molecule has 2 N–H and O–H groups in total. The molecule has 0 bridgehead atoms. The van der Waals surface area contributed by atoms with E-state index >= 15 is 0 Å². The van der Waals surface area contributed by atoms with Gasteiger partial charge in [0.25, 0.3) is 5.91 Å². The van der Waals surface area contributed by atoms with Gasteiger partial charge in [0.1, 0.15) is 5.75 Å². The molecule has 0 saturated carbocycles. The van der Waals surface area contributed by atoms with E-state index < -0.39 is 6.61 Å². The molecule has 1 amide bonds. The third-order valence-corrected chi connectivity index (χ3v) is 2.32. The van der Waals surface area contributed by atoms with E-state index in [0.29, 0.717) is 0 Å². The highest BCUT2D eigenvalue weighted by atomic mass is 19.3. The Kier molecular flexibility index (Phi) is 4.07. The zero-order valence-electron chi connectivity index (χ0n) is 9.77. The number of amides is 1. The van der Waals surface area contributed by atoms with E-state index in [0.717, 1.165) is 5.69 Å². The fraction of sp³-hybridized carbons (Fsp3) is 0.167. The molecule has 7 heteroatoms. The molecule has 1 heterocycles. The van der Waals surface area contributed by atoms with Crippen molar-refractivity contribution in [2.45, 2.75) is 13.2 Å². The maximum Gasteiger partial charge on any atom is 0.387 e. The zero-order valence-corrected chi connectivity index (χ0v) is 9.77. The first-order valence-corrected chi connectivity index (χ1v) is 5.46. The normalized spacial score (nSPS) is 10.5. The number of halogens is 2. The number of aromatic amines is 1. The minimum atomic E-state index is -2.91. The molecule has 0 fully saturated rings. The molecular weight excluding hydrogens is 256 g/mol.